The van der Waals surface area contributed by atoms with E-state index < -0.39 is 0 Å². The van der Waals surface area contributed by atoms with E-state index in [1.54, 1.807) is 0 Å². The molecular formula is C15H23N3O. The first-order valence-electron chi connectivity index (χ1n) is 6.86. The quantitative estimate of drug-likeness (QED) is 0.358. The molecule has 0 saturated heterocycles. The molecule has 1 fully saturated rings. The van der Waals surface area contributed by atoms with Crippen LogP contribution in [0.1, 0.15) is 31.7 Å². The molecule has 104 valence electrons. The topological polar surface area (TPSA) is 61.8 Å². The normalized spacial score (nSPS) is 17.3. The first kappa shape index (κ1) is 13.7. The molecule has 3 N–H and O–H groups in total. The van der Waals surface area contributed by atoms with Crippen molar-refractivity contribution in [1.82, 2.24) is 0 Å². The smallest absolute Gasteiger partial charge is 0.139 e. The molecule has 0 heterocycles. The molecule has 0 amide bonds. The Hall–Kier alpha value is -1.71. The van der Waals surface area contributed by atoms with Crippen LogP contribution in [0.3, 0.4) is 0 Å². The van der Waals surface area contributed by atoms with Crippen molar-refractivity contribution in [3.63, 3.8) is 0 Å². The second-order valence-corrected chi connectivity index (χ2v) is 5.62. The van der Waals surface area contributed by atoms with Gasteiger partial charge in [-0.1, -0.05) is 17.3 Å². The molecule has 1 saturated carbocycles. The van der Waals surface area contributed by atoms with Gasteiger partial charge in [0.25, 0.3) is 0 Å². The number of nitrogens with two attached hydrogens (primary N) is 1. The van der Waals surface area contributed by atoms with Gasteiger partial charge in [0, 0.05) is 25.2 Å². The number of hydrogen-bond donors (Lipinski definition) is 2. The highest BCUT2D eigenvalue weighted by molar-refractivity contribution is 5.80. The highest BCUT2D eigenvalue weighted by Gasteiger charge is 2.44. The van der Waals surface area contributed by atoms with Crippen molar-refractivity contribution >= 4 is 11.5 Å². The van der Waals surface area contributed by atoms with Gasteiger partial charge in [-0.15, -0.1) is 0 Å². The summed E-state index contributed by atoms with van der Waals surface area (Å²) < 4.78 is 0. The zero-order valence-electron chi connectivity index (χ0n) is 11.8. The first-order chi connectivity index (χ1) is 9.08. The number of oxime groups is 1. The van der Waals surface area contributed by atoms with Gasteiger partial charge >= 0.3 is 0 Å². The third-order valence-electron chi connectivity index (χ3n) is 3.92. The highest BCUT2D eigenvalue weighted by Crippen LogP contribution is 2.49. The summed E-state index contributed by atoms with van der Waals surface area (Å²) in [5.41, 5.74) is 8.40. The lowest BCUT2D eigenvalue weighted by molar-refractivity contribution is 0.314. The molecule has 0 spiro atoms. The van der Waals surface area contributed by atoms with E-state index in [2.05, 4.69) is 48.2 Å². The average Bonchev–Trinajstić information content (AvgIpc) is 3.15. The van der Waals surface area contributed by atoms with Crippen molar-refractivity contribution in [2.45, 2.75) is 33.1 Å². The molecule has 0 radical (unpaired) electrons. The van der Waals surface area contributed by atoms with E-state index in [0.717, 1.165) is 25.9 Å². The zero-order chi connectivity index (χ0) is 13.9. The fourth-order valence-electron chi connectivity index (χ4n) is 2.60. The molecule has 1 aliphatic rings. The second kappa shape index (κ2) is 5.51. The summed E-state index contributed by atoms with van der Waals surface area (Å²) in [4.78, 5) is 2.38. The molecule has 0 aliphatic heterocycles. The van der Waals surface area contributed by atoms with Crippen LogP contribution in [-0.4, -0.2) is 24.1 Å². The molecule has 1 aliphatic carbocycles. The summed E-state index contributed by atoms with van der Waals surface area (Å²) in [6, 6.07) is 8.57. The van der Waals surface area contributed by atoms with Crippen LogP contribution in [0.15, 0.2) is 29.4 Å². The van der Waals surface area contributed by atoms with Gasteiger partial charge in [-0.2, -0.15) is 0 Å². The maximum absolute atomic E-state index is 8.72. The van der Waals surface area contributed by atoms with Crippen LogP contribution in [0.4, 0.5) is 5.69 Å². The van der Waals surface area contributed by atoms with Crippen molar-refractivity contribution in [1.29, 1.82) is 0 Å². The molecule has 0 unspecified atom stereocenters. The Morgan fingerprint density at radius 1 is 1.47 bits per heavy atom. The summed E-state index contributed by atoms with van der Waals surface area (Å²) in [7, 11) is 0. The third-order valence-corrected chi connectivity index (χ3v) is 3.92. The van der Waals surface area contributed by atoms with Gasteiger partial charge in [-0.05, 0) is 49.8 Å². The number of nitrogens with zero attached hydrogens (tertiary/aromatic N) is 2. The minimum absolute atomic E-state index is 0.204. The summed E-state index contributed by atoms with van der Waals surface area (Å²) in [5, 5.41) is 11.8. The molecule has 1 aromatic rings. The lowest BCUT2D eigenvalue weighted by Gasteiger charge is -2.28. The number of rotatable bonds is 6. The fraction of sp³-hybridized carbons (Fsp3) is 0.533. The molecule has 0 bridgehead atoms. The largest absolute Gasteiger partial charge is 0.409 e. The van der Waals surface area contributed by atoms with E-state index in [1.165, 1.54) is 11.3 Å². The van der Waals surface area contributed by atoms with Gasteiger partial charge in [-0.25, -0.2) is 0 Å². The van der Waals surface area contributed by atoms with Crippen LogP contribution in [0, 0.1) is 12.3 Å². The van der Waals surface area contributed by atoms with Crippen LogP contribution < -0.4 is 10.6 Å². The molecular weight excluding hydrogens is 238 g/mol. The molecule has 1 aromatic carbocycles. The maximum atomic E-state index is 8.72. The molecule has 4 heteroatoms. The summed E-state index contributed by atoms with van der Waals surface area (Å²) in [5.74, 6) is 0.345. The van der Waals surface area contributed by atoms with E-state index >= 15 is 0 Å². The highest BCUT2D eigenvalue weighted by atomic mass is 16.4. The second-order valence-electron chi connectivity index (χ2n) is 5.62. The predicted molar refractivity (Wildman–Crippen MR) is 78.8 cm³/mol. The van der Waals surface area contributed by atoms with Crippen LogP contribution in [-0.2, 0) is 0 Å². The zero-order valence-corrected chi connectivity index (χ0v) is 11.8. The fourth-order valence-corrected chi connectivity index (χ4v) is 2.60. The van der Waals surface area contributed by atoms with Crippen molar-refractivity contribution < 1.29 is 5.21 Å². The summed E-state index contributed by atoms with van der Waals surface area (Å²) in [6.45, 7) is 6.23. The van der Waals surface area contributed by atoms with Gasteiger partial charge in [0.1, 0.15) is 5.84 Å². The average molecular weight is 261 g/mol. The Morgan fingerprint density at radius 2 is 2.21 bits per heavy atom. The van der Waals surface area contributed by atoms with Gasteiger partial charge in [0.15, 0.2) is 0 Å². The van der Waals surface area contributed by atoms with Gasteiger partial charge in [-0.3, -0.25) is 0 Å². The van der Waals surface area contributed by atoms with Crippen LogP contribution in [0.2, 0.25) is 0 Å². The Bertz CT molecular complexity index is 466. The Kier molecular flexibility index (Phi) is 3.98. The Balaban J connectivity index is 2.07. The number of anilines is 1. The Morgan fingerprint density at radius 3 is 2.74 bits per heavy atom. The van der Waals surface area contributed by atoms with E-state index in [4.69, 9.17) is 10.9 Å². The first-order valence-corrected chi connectivity index (χ1v) is 6.86. The number of aryl methyl sites for hydroxylation is 1. The van der Waals surface area contributed by atoms with E-state index in [1.807, 2.05) is 0 Å². The summed E-state index contributed by atoms with van der Waals surface area (Å²) >= 11 is 0. The van der Waals surface area contributed by atoms with Crippen molar-refractivity contribution in [3.8, 4) is 0 Å². The standard InChI is InChI=1S/C15H23N3O/c1-3-18(13-6-4-5-12(2)9-13)11-15(7-8-15)10-14(16)17-19/h4-6,9,19H,3,7-8,10-11H2,1-2H3,(H2,16,17). The van der Waals surface area contributed by atoms with Crippen LogP contribution >= 0.6 is 0 Å². The SMILES string of the molecule is CCN(CC1(CC(N)=NO)CC1)c1cccc(C)c1. The van der Waals surface area contributed by atoms with Crippen molar-refractivity contribution in [3.05, 3.63) is 29.8 Å². The van der Waals surface area contributed by atoms with Crippen molar-refractivity contribution in [2.24, 2.45) is 16.3 Å². The monoisotopic (exact) mass is 261 g/mol. The lowest BCUT2D eigenvalue weighted by atomic mass is 10.0. The van der Waals surface area contributed by atoms with Crippen molar-refractivity contribution in [2.75, 3.05) is 18.0 Å². The van der Waals surface area contributed by atoms with Crippen LogP contribution in [0.5, 0.6) is 0 Å². The Labute approximate surface area is 114 Å². The molecule has 0 aromatic heterocycles. The predicted octanol–water partition coefficient (Wildman–Crippen LogP) is 2.74. The lowest BCUT2D eigenvalue weighted by Crippen LogP contribution is -2.32. The van der Waals surface area contributed by atoms with Gasteiger partial charge in [0.05, 0.1) is 0 Å². The van der Waals surface area contributed by atoms with E-state index in [9.17, 15) is 0 Å². The minimum Gasteiger partial charge on any atom is -0.409 e. The number of amidine groups is 1. The maximum Gasteiger partial charge on any atom is 0.139 e. The molecule has 0 atom stereocenters. The molecule has 4 nitrogen and oxygen atoms in total. The molecule has 2 rings (SSSR count). The third kappa shape index (κ3) is 3.40. The van der Waals surface area contributed by atoms with Crippen LogP contribution in [0.25, 0.3) is 0 Å². The van der Waals surface area contributed by atoms with Gasteiger partial charge < -0.3 is 15.8 Å². The molecule has 19 heavy (non-hydrogen) atoms. The van der Waals surface area contributed by atoms with Gasteiger partial charge in [0.2, 0.25) is 0 Å². The number of benzene rings is 1. The van der Waals surface area contributed by atoms with E-state index in [-0.39, 0.29) is 5.41 Å². The summed E-state index contributed by atoms with van der Waals surface area (Å²) in [6.07, 6.45) is 3.00. The van der Waals surface area contributed by atoms with E-state index in [0.29, 0.717) is 12.3 Å². The number of hydrogen-bond acceptors (Lipinski definition) is 3. The minimum atomic E-state index is 0.204.